The van der Waals surface area contributed by atoms with Crippen molar-refractivity contribution in [1.82, 2.24) is 19.5 Å². The van der Waals surface area contributed by atoms with Crippen molar-refractivity contribution in [3.63, 3.8) is 0 Å². The molecule has 1 aromatic carbocycles. The van der Waals surface area contributed by atoms with Crippen LogP contribution in [0.2, 0.25) is 0 Å². The molecule has 26 heavy (non-hydrogen) atoms. The first kappa shape index (κ1) is 19.3. The SMILES string of the molecule is Cl.O=c1ccc2cc(S(=O)(=O)N3CCC(N4CCNCC4)C3)ccc2[nH]1. The quantitative estimate of drug-likeness (QED) is 0.791. The van der Waals surface area contributed by atoms with Gasteiger partial charge in [-0.1, -0.05) is 0 Å². The molecular formula is C17H23ClN4O3S. The number of fused-ring (bicyclic) bond motifs is 1. The summed E-state index contributed by atoms with van der Waals surface area (Å²) in [6.07, 6.45) is 0.875. The second-order valence-electron chi connectivity index (χ2n) is 6.66. The number of halogens is 1. The molecule has 0 spiro atoms. The van der Waals surface area contributed by atoms with Crippen LogP contribution in [0.15, 0.2) is 40.0 Å². The van der Waals surface area contributed by atoms with E-state index in [1.54, 1.807) is 28.6 Å². The molecule has 1 aromatic heterocycles. The van der Waals surface area contributed by atoms with Crippen molar-refractivity contribution in [3.05, 3.63) is 40.7 Å². The Labute approximate surface area is 158 Å². The molecule has 1 unspecified atom stereocenters. The van der Waals surface area contributed by atoms with E-state index in [1.807, 2.05) is 0 Å². The molecule has 2 aliphatic heterocycles. The summed E-state index contributed by atoms with van der Waals surface area (Å²) in [6.45, 7) is 4.98. The third-order valence-corrected chi connectivity index (χ3v) is 6.99. The van der Waals surface area contributed by atoms with Gasteiger partial charge in [0.2, 0.25) is 15.6 Å². The Morgan fingerprint density at radius 3 is 2.58 bits per heavy atom. The smallest absolute Gasteiger partial charge is 0.248 e. The lowest BCUT2D eigenvalue weighted by molar-refractivity contribution is 0.179. The van der Waals surface area contributed by atoms with Crippen LogP contribution in [0.4, 0.5) is 0 Å². The van der Waals surface area contributed by atoms with Gasteiger partial charge in [-0.25, -0.2) is 8.42 Å². The van der Waals surface area contributed by atoms with E-state index in [0.29, 0.717) is 24.6 Å². The summed E-state index contributed by atoms with van der Waals surface area (Å²) in [5.41, 5.74) is 0.452. The molecule has 4 rings (SSSR count). The second-order valence-corrected chi connectivity index (χ2v) is 8.60. The molecule has 0 amide bonds. The summed E-state index contributed by atoms with van der Waals surface area (Å²) in [7, 11) is -3.51. The first-order valence-electron chi connectivity index (χ1n) is 8.62. The highest BCUT2D eigenvalue weighted by molar-refractivity contribution is 7.89. The summed E-state index contributed by atoms with van der Waals surface area (Å²) >= 11 is 0. The number of hydrogen-bond acceptors (Lipinski definition) is 5. The van der Waals surface area contributed by atoms with E-state index in [4.69, 9.17) is 0 Å². The van der Waals surface area contributed by atoms with E-state index >= 15 is 0 Å². The Hall–Kier alpha value is -1.45. The zero-order valence-electron chi connectivity index (χ0n) is 14.3. The van der Waals surface area contributed by atoms with Crippen LogP contribution in [-0.4, -0.2) is 67.9 Å². The van der Waals surface area contributed by atoms with Gasteiger partial charge in [-0.2, -0.15) is 4.31 Å². The van der Waals surface area contributed by atoms with Gasteiger partial charge in [0.05, 0.1) is 4.90 Å². The van der Waals surface area contributed by atoms with Crippen molar-refractivity contribution in [2.24, 2.45) is 0 Å². The summed E-state index contributed by atoms with van der Waals surface area (Å²) in [6, 6.07) is 8.24. The lowest BCUT2D eigenvalue weighted by atomic mass is 10.2. The molecule has 1 atom stereocenters. The number of nitrogens with zero attached hydrogens (tertiary/aromatic N) is 2. The predicted octanol–water partition coefficient (Wildman–Crippen LogP) is 0.618. The zero-order valence-corrected chi connectivity index (χ0v) is 16.0. The molecule has 142 valence electrons. The summed E-state index contributed by atoms with van der Waals surface area (Å²) in [5.74, 6) is 0. The number of aromatic nitrogens is 1. The number of sulfonamides is 1. The number of pyridine rings is 1. The average molecular weight is 399 g/mol. The first-order valence-corrected chi connectivity index (χ1v) is 10.1. The van der Waals surface area contributed by atoms with Gasteiger partial charge in [0.1, 0.15) is 0 Å². The lowest BCUT2D eigenvalue weighted by Gasteiger charge is -2.32. The van der Waals surface area contributed by atoms with Crippen LogP contribution in [0.25, 0.3) is 10.9 Å². The van der Waals surface area contributed by atoms with Crippen LogP contribution in [0.3, 0.4) is 0 Å². The predicted molar refractivity (Wildman–Crippen MR) is 103 cm³/mol. The van der Waals surface area contributed by atoms with E-state index in [0.717, 1.165) is 38.0 Å². The van der Waals surface area contributed by atoms with Crippen molar-refractivity contribution in [2.45, 2.75) is 17.4 Å². The second kappa shape index (κ2) is 7.66. The molecule has 0 radical (unpaired) electrons. The Morgan fingerprint density at radius 1 is 1.04 bits per heavy atom. The minimum Gasteiger partial charge on any atom is -0.322 e. The Balaban J connectivity index is 0.00000196. The molecule has 0 bridgehead atoms. The fourth-order valence-electron chi connectivity index (χ4n) is 3.72. The van der Waals surface area contributed by atoms with E-state index in [-0.39, 0.29) is 22.9 Å². The maximum atomic E-state index is 13.0. The molecule has 7 nitrogen and oxygen atoms in total. The maximum absolute atomic E-state index is 13.0. The van der Waals surface area contributed by atoms with Crippen molar-refractivity contribution in [1.29, 1.82) is 0 Å². The van der Waals surface area contributed by atoms with Gasteiger partial charge in [-0.15, -0.1) is 12.4 Å². The molecule has 2 N–H and O–H groups in total. The number of benzene rings is 1. The highest BCUT2D eigenvalue weighted by Crippen LogP contribution is 2.25. The van der Waals surface area contributed by atoms with Gasteiger partial charge in [0.25, 0.3) is 0 Å². The maximum Gasteiger partial charge on any atom is 0.248 e. The molecule has 9 heteroatoms. The molecule has 0 saturated carbocycles. The van der Waals surface area contributed by atoms with Crippen molar-refractivity contribution >= 4 is 33.3 Å². The summed E-state index contributed by atoms with van der Waals surface area (Å²) in [5, 5.41) is 4.05. The number of nitrogens with one attached hydrogen (secondary N) is 2. The molecule has 0 aliphatic carbocycles. The number of hydrogen-bond donors (Lipinski definition) is 2. The van der Waals surface area contributed by atoms with Gasteiger partial charge in [-0.3, -0.25) is 9.69 Å². The average Bonchev–Trinajstić information content (AvgIpc) is 3.13. The molecule has 2 aliphatic rings. The van der Waals surface area contributed by atoms with Crippen LogP contribution in [0.1, 0.15) is 6.42 Å². The minimum absolute atomic E-state index is 0. The highest BCUT2D eigenvalue weighted by atomic mass is 35.5. The highest BCUT2D eigenvalue weighted by Gasteiger charge is 2.35. The Morgan fingerprint density at radius 2 is 1.81 bits per heavy atom. The summed E-state index contributed by atoms with van der Waals surface area (Å²) < 4.78 is 27.6. The fraction of sp³-hybridized carbons (Fsp3) is 0.471. The van der Waals surface area contributed by atoms with Gasteiger partial charge >= 0.3 is 0 Å². The molecule has 2 aromatic rings. The molecule has 2 fully saturated rings. The largest absolute Gasteiger partial charge is 0.322 e. The Bertz CT molecular complexity index is 940. The molecule has 3 heterocycles. The van der Waals surface area contributed by atoms with E-state index in [9.17, 15) is 13.2 Å². The van der Waals surface area contributed by atoms with Gasteiger partial charge in [-0.05, 0) is 36.1 Å². The van der Waals surface area contributed by atoms with Crippen LogP contribution in [-0.2, 0) is 10.0 Å². The van der Waals surface area contributed by atoms with E-state index in [2.05, 4.69) is 15.2 Å². The molecular weight excluding hydrogens is 376 g/mol. The van der Waals surface area contributed by atoms with E-state index in [1.165, 1.54) is 6.07 Å². The standard InChI is InChI=1S/C17H22N4O3S.ClH/c22-17-4-1-13-11-15(2-3-16(13)19-17)25(23,24)21-8-5-14(12-21)20-9-6-18-7-10-20;/h1-4,11,14,18H,5-10,12H2,(H,19,22);1H. The number of H-pyrrole nitrogens is 1. The van der Waals surface area contributed by atoms with Crippen LogP contribution < -0.4 is 10.9 Å². The third-order valence-electron chi connectivity index (χ3n) is 5.13. The fourth-order valence-corrected chi connectivity index (χ4v) is 5.24. The van der Waals surface area contributed by atoms with Gasteiger partial charge in [0, 0.05) is 56.9 Å². The summed E-state index contributed by atoms with van der Waals surface area (Å²) in [4.78, 5) is 16.8. The van der Waals surface area contributed by atoms with Crippen LogP contribution in [0, 0.1) is 0 Å². The van der Waals surface area contributed by atoms with Crippen LogP contribution >= 0.6 is 12.4 Å². The third kappa shape index (κ3) is 3.65. The van der Waals surface area contributed by atoms with Gasteiger partial charge in [0.15, 0.2) is 0 Å². The van der Waals surface area contributed by atoms with Crippen molar-refractivity contribution < 1.29 is 8.42 Å². The molecule has 2 saturated heterocycles. The van der Waals surface area contributed by atoms with E-state index < -0.39 is 10.0 Å². The zero-order chi connectivity index (χ0) is 17.4. The monoisotopic (exact) mass is 398 g/mol. The number of aromatic amines is 1. The normalized spacial score (nSPS) is 22.4. The first-order chi connectivity index (χ1) is 12.0. The van der Waals surface area contributed by atoms with Crippen LogP contribution in [0.5, 0.6) is 0 Å². The number of rotatable bonds is 3. The van der Waals surface area contributed by atoms with Crippen molar-refractivity contribution in [2.75, 3.05) is 39.3 Å². The minimum atomic E-state index is -3.51. The Kier molecular flexibility index (Phi) is 5.69. The lowest BCUT2D eigenvalue weighted by Crippen LogP contribution is -2.49. The van der Waals surface area contributed by atoms with Gasteiger partial charge < -0.3 is 10.3 Å². The topological polar surface area (TPSA) is 85.5 Å². The van der Waals surface area contributed by atoms with Crippen molar-refractivity contribution in [3.8, 4) is 0 Å². The number of piperazine rings is 1.